The molecule has 0 saturated carbocycles. The average molecular weight is 264 g/mol. The fourth-order valence-corrected chi connectivity index (χ4v) is 1.47. The minimum Gasteiger partial charge on any atom is -0.503 e. The van der Waals surface area contributed by atoms with Crippen molar-refractivity contribution in [3.63, 3.8) is 0 Å². The molecular weight excluding hydrogens is 254 g/mol. The summed E-state index contributed by atoms with van der Waals surface area (Å²) in [6.45, 7) is 0. The normalized spacial score (nSPS) is 10.0. The number of urea groups is 1. The van der Waals surface area contributed by atoms with Crippen LogP contribution in [0.2, 0.25) is 0 Å². The predicted molar refractivity (Wildman–Crippen MR) is 67.1 cm³/mol. The molecule has 0 unspecified atom stereocenters. The Morgan fingerprint density at radius 3 is 2.42 bits per heavy atom. The van der Waals surface area contributed by atoms with Gasteiger partial charge in [-0.05, 0) is 12.1 Å². The van der Waals surface area contributed by atoms with Gasteiger partial charge in [0.05, 0.1) is 5.69 Å². The van der Waals surface area contributed by atoms with E-state index in [9.17, 15) is 18.7 Å². The zero-order valence-corrected chi connectivity index (χ0v) is 9.65. The number of aromatic hydroxyl groups is 1. The summed E-state index contributed by atoms with van der Waals surface area (Å²) >= 11 is 0. The third-order valence-electron chi connectivity index (χ3n) is 2.31. The second kappa shape index (κ2) is 5.34. The predicted octanol–water partition coefficient (Wildman–Crippen LogP) is 3.31. The van der Waals surface area contributed by atoms with Gasteiger partial charge in [0.25, 0.3) is 0 Å². The molecule has 4 nitrogen and oxygen atoms in total. The van der Waals surface area contributed by atoms with E-state index in [4.69, 9.17) is 0 Å². The quantitative estimate of drug-likeness (QED) is 0.729. The lowest BCUT2D eigenvalue weighted by atomic mass is 10.2. The molecule has 6 heteroatoms. The van der Waals surface area contributed by atoms with Gasteiger partial charge in [-0.1, -0.05) is 18.2 Å². The minimum atomic E-state index is -1.14. The van der Waals surface area contributed by atoms with E-state index in [2.05, 4.69) is 10.6 Å². The van der Waals surface area contributed by atoms with Crippen molar-refractivity contribution in [3.8, 4) is 5.75 Å². The zero-order valence-electron chi connectivity index (χ0n) is 9.65. The summed E-state index contributed by atoms with van der Waals surface area (Å²) in [5.41, 5.74) is 0.169. The molecule has 0 aliphatic rings. The number of benzene rings is 2. The van der Waals surface area contributed by atoms with Crippen molar-refractivity contribution < 1.29 is 18.7 Å². The van der Waals surface area contributed by atoms with Crippen molar-refractivity contribution >= 4 is 17.4 Å². The Morgan fingerprint density at radius 1 is 1.05 bits per heavy atom. The molecule has 0 aromatic heterocycles. The van der Waals surface area contributed by atoms with Crippen molar-refractivity contribution in [2.75, 3.05) is 10.6 Å². The van der Waals surface area contributed by atoms with E-state index < -0.39 is 23.4 Å². The molecule has 0 saturated heterocycles. The molecule has 2 amide bonds. The topological polar surface area (TPSA) is 61.4 Å². The van der Waals surface area contributed by atoms with E-state index >= 15 is 0 Å². The summed E-state index contributed by atoms with van der Waals surface area (Å²) in [6, 6.07) is 9.13. The highest BCUT2D eigenvalue weighted by molar-refractivity contribution is 6.00. The number of anilines is 2. The fourth-order valence-electron chi connectivity index (χ4n) is 1.47. The average Bonchev–Trinajstić information content (AvgIpc) is 2.36. The Bertz CT molecular complexity index is 603. The molecule has 3 N–H and O–H groups in total. The van der Waals surface area contributed by atoms with Crippen LogP contribution in [0.5, 0.6) is 5.75 Å². The first kappa shape index (κ1) is 12.8. The molecular formula is C13H10F2N2O2. The maximum Gasteiger partial charge on any atom is 0.323 e. The summed E-state index contributed by atoms with van der Waals surface area (Å²) in [7, 11) is 0. The third kappa shape index (κ3) is 3.19. The molecule has 0 aliphatic carbocycles. The zero-order chi connectivity index (χ0) is 13.8. The molecule has 0 heterocycles. The van der Waals surface area contributed by atoms with Crippen LogP contribution >= 0.6 is 0 Å². The number of nitrogens with one attached hydrogen (secondary N) is 2. The highest BCUT2D eigenvalue weighted by atomic mass is 19.1. The van der Waals surface area contributed by atoms with E-state index in [1.54, 1.807) is 30.3 Å². The van der Waals surface area contributed by atoms with E-state index in [0.717, 1.165) is 6.07 Å². The summed E-state index contributed by atoms with van der Waals surface area (Å²) in [6.07, 6.45) is 0. The van der Waals surface area contributed by atoms with E-state index in [1.807, 2.05) is 0 Å². The number of carbonyl (C=O) groups is 1. The Balaban J connectivity index is 2.11. The van der Waals surface area contributed by atoms with Crippen LogP contribution in [0, 0.1) is 11.6 Å². The third-order valence-corrected chi connectivity index (χ3v) is 2.31. The minimum absolute atomic E-state index is 0.342. The second-order valence-corrected chi connectivity index (χ2v) is 3.73. The largest absolute Gasteiger partial charge is 0.503 e. The smallest absolute Gasteiger partial charge is 0.323 e. The van der Waals surface area contributed by atoms with Crippen LogP contribution in [0.3, 0.4) is 0 Å². The first-order valence-corrected chi connectivity index (χ1v) is 5.37. The van der Waals surface area contributed by atoms with Crippen molar-refractivity contribution in [1.82, 2.24) is 0 Å². The van der Waals surface area contributed by atoms with Gasteiger partial charge >= 0.3 is 6.03 Å². The lowest BCUT2D eigenvalue weighted by Crippen LogP contribution is -2.19. The van der Waals surface area contributed by atoms with Crippen molar-refractivity contribution in [2.45, 2.75) is 0 Å². The number of halogens is 2. The number of hydrogen-bond donors (Lipinski definition) is 3. The van der Waals surface area contributed by atoms with E-state index in [0.29, 0.717) is 11.8 Å². The first-order valence-electron chi connectivity index (χ1n) is 5.37. The van der Waals surface area contributed by atoms with Gasteiger partial charge in [-0.3, -0.25) is 0 Å². The van der Waals surface area contributed by atoms with Crippen molar-refractivity contribution in [3.05, 3.63) is 54.1 Å². The summed E-state index contributed by atoms with van der Waals surface area (Å²) in [4.78, 5) is 11.6. The van der Waals surface area contributed by atoms with E-state index in [-0.39, 0.29) is 5.69 Å². The van der Waals surface area contributed by atoms with Crippen LogP contribution in [0.1, 0.15) is 0 Å². The monoisotopic (exact) mass is 264 g/mol. The van der Waals surface area contributed by atoms with Crippen LogP contribution in [0.15, 0.2) is 42.5 Å². The maximum atomic E-state index is 13.1. The van der Waals surface area contributed by atoms with E-state index in [1.165, 1.54) is 0 Å². The SMILES string of the molecule is O=C(Nc1ccccc1)Nc1cc(F)cc(F)c1O. The highest BCUT2D eigenvalue weighted by Gasteiger charge is 2.12. The molecule has 0 atom stereocenters. The van der Waals surface area contributed by atoms with Gasteiger partial charge in [-0.15, -0.1) is 0 Å². The van der Waals surface area contributed by atoms with Gasteiger partial charge in [0.1, 0.15) is 5.82 Å². The fraction of sp³-hybridized carbons (Fsp3) is 0. The highest BCUT2D eigenvalue weighted by Crippen LogP contribution is 2.27. The van der Waals surface area contributed by atoms with Crippen LogP contribution in [-0.2, 0) is 0 Å². The number of rotatable bonds is 2. The van der Waals surface area contributed by atoms with Crippen molar-refractivity contribution in [1.29, 1.82) is 0 Å². The Morgan fingerprint density at radius 2 is 1.74 bits per heavy atom. The number of phenols is 1. The number of phenolic OH excluding ortho intramolecular Hbond substituents is 1. The molecule has 0 bridgehead atoms. The molecule has 0 radical (unpaired) electrons. The molecule has 2 aromatic carbocycles. The first-order chi connectivity index (χ1) is 9.06. The number of para-hydroxylation sites is 1. The van der Waals surface area contributed by atoms with Crippen LogP contribution in [0.25, 0.3) is 0 Å². The number of amides is 2. The van der Waals surface area contributed by atoms with Crippen molar-refractivity contribution in [2.24, 2.45) is 0 Å². The molecule has 2 aromatic rings. The Labute approximate surface area is 107 Å². The van der Waals surface area contributed by atoms with Gasteiger partial charge in [0.2, 0.25) is 0 Å². The van der Waals surface area contributed by atoms with Gasteiger partial charge in [-0.25, -0.2) is 13.6 Å². The van der Waals surface area contributed by atoms with Gasteiger partial charge in [0, 0.05) is 17.8 Å². The molecule has 0 fully saturated rings. The van der Waals surface area contributed by atoms with Gasteiger partial charge in [-0.2, -0.15) is 0 Å². The maximum absolute atomic E-state index is 13.1. The van der Waals surface area contributed by atoms with Crippen LogP contribution in [0.4, 0.5) is 25.0 Å². The molecule has 0 aliphatic heterocycles. The summed E-state index contributed by atoms with van der Waals surface area (Å²) < 4.78 is 26.0. The molecule has 0 spiro atoms. The standard InChI is InChI=1S/C13H10F2N2O2/c14-8-6-10(15)12(18)11(7-8)17-13(19)16-9-4-2-1-3-5-9/h1-7,18H,(H2,16,17,19). The van der Waals surface area contributed by atoms with Gasteiger partial charge < -0.3 is 15.7 Å². The van der Waals surface area contributed by atoms with Crippen LogP contribution in [-0.4, -0.2) is 11.1 Å². The molecule has 19 heavy (non-hydrogen) atoms. The lowest BCUT2D eigenvalue weighted by molar-refractivity contribution is 0.262. The Hall–Kier alpha value is -2.63. The lowest BCUT2D eigenvalue weighted by Gasteiger charge is -2.09. The number of carbonyl (C=O) groups excluding carboxylic acids is 1. The molecule has 2 rings (SSSR count). The number of hydrogen-bond acceptors (Lipinski definition) is 2. The van der Waals surface area contributed by atoms with Gasteiger partial charge in [0.15, 0.2) is 11.6 Å². The second-order valence-electron chi connectivity index (χ2n) is 3.73. The van der Waals surface area contributed by atoms with Crippen LogP contribution < -0.4 is 10.6 Å². The summed E-state index contributed by atoms with van der Waals surface area (Å²) in [5, 5.41) is 14.0. The Kier molecular flexibility index (Phi) is 3.61. The molecule has 98 valence electrons. The summed E-state index contributed by atoms with van der Waals surface area (Å²) in [5.74, 6) is -2.86.